The van der Waals surface area contributed by atoms with Gasteiger partial charge < -0.3 is 9.64 Å². The molecule has 0 unspecified atom stereocenters. The Morgan fingerprint density at radius 3 is 2.63 bits per heavy atom. The van der Waals surface area contributed by atoms with Crippen LogP contribution in [-0.2, 0) is 14.3 Å². The minimum absolute atomic E-state index is 0.0243. The van der Waals surface area contributed by atoms with Gasteiger partial charge in [-0.1, -0.05) is 12.1 Å². The number of aryl methyl sites for hydroxylation is 1. The van der Waals surface area contributed by atoms with Crippen LogP contribution in [0.2, 0.25) is 0 Å². The smallest absolute Gasteiger partial charge is 0.310 e. The molecule has 4 rings (SSSR count). The van der Waals surface area contributed by atoms with Crippen molar-refractivity contribution in [3.05, 3.63) is 53.6 Å². The molecule has 2 atom stereocenters. The van der Waals surface area contributed by atoms with Gasteiger partial charge in [0.1, 0.15) is 11.4 Å². The third-order valence-corrected chi connectivity index (χ3v) is 5.93. The maximum Gasteiger partial charge on any atom is 0.310 e. The molecule has 2 aromatic rings. The highest BCUT2D eigenvalue weighted by Crippen LogP contribution is 2.37. The van der Waals surface area contributed by atoms with Crippen LogP contribution in [0.1, 0.15) is 57.0 Å². The highest BCUT2D eigenvalue weighted by molar-refractivity contribution is 5.84. The molecule has 3 heterocycles. The Bertz CT molecular complexity index is 971. The van der Waals surface area contributed by atoms with E-state index in [4.69, 9.17) is 9.72 Å². The van der Waals surface area contributed by atoms with Crippen LogP contribution in [0.15, 0.2) is 36.4 Å². The number of ether oxygens (including phenoxy) is 1. The summed E-state index contributed by atoms with van der Waals surface area (Å²) < 4.78 is 18.7. The van der Waals surface area contributed by atoms with Crippen molar-refractivity contribution >= 4 is 11.9 Å². The lowest BCUT2D eigenvalue weighted by molar-refractivity contribution is -0.150. The summed E-state index contributed by atoms with van der Waals surface area (Å²) >= 11 is 0. The zero-order chi connectivity index (χ0) is 21.5. The van der Waals surface area contributed by atoms with Gasteiger partial charge in [0.25, 0.3) is 0 Å². The topological polar surface area (TPSA) is 59.5 Å². The lowest BCUT2D eigenvalue weighted by Crippen LogP contribution is -2.33. The molecule has 1 amide bonds. The highest BCUT2D eigenvalue weighted by Gasteiger charge is 2.42. The molecule has 158 valence electrons. The Hall–Kier alpha value is -2.76. The average Bonchev–Trinajstić information content (AvgIpc) is 3.26. The van der Waals surface area contributed by atoms with Crippen LogP contribution in [-0.4, -0.2) is 33.9 Å². The molecule has 2 fully saturated rings. The zero-order valence-corrected chi connectivity index (χ0v) is 17.7. The number of amides is 1. The number of carbonyl (C=O) groups is 2. The second-order valence-corrected chi connectivity index (χ2v) is 8.96. The monoisotopic (exact) mass is 410 g/mol. The summed E-state index contributed by atoms with van der Waals surface area (Å²) in [6.07, 6.45) is 2.48. The maximum atomic E-state index is 13.3. The number of likely N-dealkylation sites (tertiary alicyclic amines) is 1. The number of hydrogen-bond donors (Lipinski definition) is 0. The van der Waals surface area contributed by atoms with E-state index in [0.717, 1.165) is 35.4 Å². The second-order valence-electron chi connectivity index (χ2n) is 8.96. The van der Waals surface area contributed by atoms with E-state index in [0.29, 0.717) is 13.0 Å². The molecule has 0 spiro atoms. The van der Waals surface area contributed by atoms with Crippen LogP contribution in [0, 0.1) is 18.7 Å². The van der Waals surface area contributed by atoms with Gasteiger partial charge in [0.2, 0.25) is 5.91 Å². The van der Waals surface area contributed by atoms with E-state index in [-0.39, 0.29) is 36.1 Å². The summed E-state index contributed by atoms with van der Waals surface area (Å²) in [4.78, 5) is 31.8. The number of rotatable bonds is 4. The molecular weight excluding hydrogens is 383 g/mol. The van der Waals surface area contributed by atoms with Crippen molar-refractivity contribution in [3.8, 4) is 11.1 Å². The van der Waals surface area contributed by atoms with Gasteiger partial charge in [-0.3, -0.25) is 14.6 Å². The van der Waals surface area contributed by atoms with E-state index >= 15 is 0 Å². The predicted octanol–water partition coefficient (Wildman–Crippen LogP) is 4.59. The lowest BCUT2D eigenvalue weighted by Gasteiger charge is -2.26. The Balaban J connectivity index is 1.55. The Morgan fingerprint density at radius 1 is 1.23 bits per heavy atom. The Kier molecular flexibility index (Phi) is 5.35. The normalized spacial score (nSPS) is 22.9. The number of carbonyl (C=O) groups excluding carboxylic acids is 2. The summed E-state index contributed by atoms with van der Waals surface area (Å²) in [6, 6.07) is 10.2. The second kappa shape index (κ2) is 7.82. The number of halogens is 1. The van der Waals surface area contributed by atoms with Gasteiger partial charge in [0.15, 0.2) is 0 Å². The molecule has 0 aliphatic carbocycles. The predicted molar refractivity (Wildman–Crippen MR) is 111 cm³/mol. The van der Waals surface area contributed by atoms with E-state index in [1.807, 2.05) is 37.8 Å². The molecule has 5 nitrogen and oxygen atoms in total. The van der Waals surface area contributed by atoms with Crippen LogP contribution in [0.25, 0.3) is 11.1 Å². The number of cyclic esters (lactones) is 1. The molecule has 2 aliphatic rings. The fourth-order valence-corrected chi connectivity index (χ4v) is 4.60. The summed E-state index contributed by atoms with van der Waals surface area (Å²) in [5, 5.41) is 0. The first-order valence-electron chi connectivity index (χ1n) is 10.5. The largest absolute Gasteiger partial charge is 0.459 e. The van der Waals surface area contributed by atoms with Gasteiger partial charge in [-0.25, -0.2) is 4.39 Å². The molecule has 0 N–H and O–H groups in total. The number of aromatic nitrogens is 1. The number of benzene rings is 1. The Morgan fingerprint density at radius 2 is 1.97 bits per heavy atom. The first-order chi connectivity index (χ1) is 14.2. The van der Waals surface area contributed by atoms with Crippen LogP contribution in [0.5, 0.6) is 0 Å². The van der Waals surface area contributed by atoms with Gasteiger partial charge in [-0.15, -0.1) is 0 Å². The van der Waals surface area contributed by atoms with Gasteiger partial charge in [0.05, 0.1) is 17.7 Å². The van der Waals surface area contributed by atoms with Gasteiger partial charge in [-0.2, -0.15) is 0 Å². The SMILES string of the molecule is Cc1cc(-c2ccc(F)cc2)cc([C@@H]2CCCN2C(=O)C[C@H]2CC(C)(C)OC2=O)n1. The minimum Gasteiger partial charge on any atom is -0.459 e. The number of nitrogens with zero attached hydrogens (tertiary/aromatic N) is 2. The fourth-order valence-electron chi connectivity index (χ4n) is 4.60. The number of esters is 1. The Labute approximate surface area is 176 Å². The van der Waals surface area contributed by atoms with E-state index in [1.54, 1.807) is 12.1 Å². The summed E-state index contributed by atoms with van der Waals surface area (Å²) in [5.74, 6) is -0.958. The zero-order valence-electron chi connectivity index (χ0n) is 17.7. The van der Waals surface area contributed by atoms with Crippen molar-refractivity contribution in [1.82, 2.24) is 9.88 Å². The van der Waals surface area contributed by atoms with Crippen molar-refractivity contribution in [2.45, 2.75) is 58.1 Å². The molecule has 1 aromatic carbocycles. The molecule has 2 saturated heterocycles. The number of pyridine rings is 1. The van der Waals surface area contributed by atoms with Crippen molar-refractivity contribution in [1.29, 1.82) is 0 Å². The maximum absolute atomic E-state index is 13.3. The summed E-state index contributed by atoms with van der Waals surface area (Å²) in [5.41, 5.74) is 3.06. The van der Waals surface area contributed by atoms with Crippen LogP contribution < -0.4 is 0 Å². The van der Waals surface area contributed by atoms with Crippen molar-refractivity contribution in [3.63, 3.8) is 0 Å². The molecule has 0 radical (unpaired) electrons. The minimum atomic E-state index is -0.505. The molecule has 0 bridgehead atoms. The molecule has 30 heavy (non-hydrogen) atoms. The molecule has 0 saturated carbocycles. The van der Waals surface area contributed by atoms with E-state index in [1.165, 1.54) is 12.1 Å². The van der Waals surface area contributed by atoms with Gasteiger partial charge in [0, 0.05) is 25.1 Å². The quantitative estimate of drug-likeness (QED) is 0.692. The highest BCUT2D eigenvalue weighted by atomic mass is 19.1. The third kappa shape index (κ3) is 4.23. The first-order valence-corrected chi connectivity index (χ1v) is 10.5. The van der Waals surface area contributed by atoms with Gasteiger partial charge in [-0.05, 0) is 69.0 Å². The fraction of sp³-hybridized carbons (Fsp3) is 0.458. The summed E-state index contributed by atoms with van der Waals surface area (Å²) in [6.45, 7) is 6.34. The van der Waals surface area contributed by atoms with E-state index < -0.39 is 5.60 Å². The molecule has 1 aromatic heterocycles. The van der Waals surface area contributed by atoms with Crippen LogP contribution in [0.3, 0.4) is 0 Å². The standard InChI is InChI=1S/C24H27FN2O3/c1-15-11-17(16-6-8-19(25)9-7-16)12-20(26-15)21-5-4-10-27(21)22(28)13-18-14-24(2,3)30-23(18)29/h6-9,11-12,18,21H,4-5,10,13-14H2,1-3H3/t18-,21-/m0/s1. The number of hydrogen-bond acceptors (Lipinski definition) is 4. The summed E-state index contributed by atoms with van der Waals surface area (Å²) in [7, 11) is 0. The van der Waals surface area contributed by atoms with E-state index in [9.17, 15) is 14.0 Å². The van der Waals surface area contributed by atoms with Crippen molar-refractivity contribution in [2.75, 3.05) is 6.54 Å². The van der Waals surface area contributed by atoms with Crippen molar-refractivity contribution in [2.24, 2.45) is 5.92 Å². The van der Waals surface area contributed by atoms with E-state index in [2.05, 4.69) is 0 Å². The van der Waals surface area contributed by atoms with Crippen LogP contribution in [0.4, 0.5) is 4.39 Å². The van der Waals surface area contributed by atoms with Gasteiger partial charge >= 0.3 is 5.97 Å². The lowest BCUT2D eigenvalue weighted by atomic mass is 9.94. The van der Waals surface area contributed by atoms with Crippen LogP contribution >= 0.6 is 0 Å². The average molecular weight is 410 g/mol. The third-order valence-electron chi connectivity index (χ3n) is 5.93. The molecular formula is C24H27FN2O3. The molecule has 6 heteroatoms. The molecule has 2 aliphatic heterocycles. The van der Waals surface area contributed by atoms with Crippen molar-refractivity contribution < 1.29 is 18.7 Å². The first kappa shape index (κ1) is 20.5.